The highest BCUT2D eigenvalue weighted by atomic mass is 16.6. The topological polar surface area (TPSA) is 105 Å². The maximum atomic E-state index is 12.9. The van der Waals surface area contributed by atoms with Crippen molar-refractivity contribution in [3.05, 3.63) is 87.6 Å². The zero-order valence-electron chi connectivity index (χ0n) is 19.5. The summed E-state index contributed by atoms with van der Waals surface area (Å²) in [5.74, 6) is 0.831. The number of hydrogen-bond acceptors (Lipinski definition) is 6. The molecule has 0 saturated carbocycles. The number of carbonyl (C=O) groups is 2. The third-order valence-electron chi connectivity index (χ3n) is 6.80. The average molecular weight is 478 g/mol. The summed E-state index contributed by atoms with van der Waals surface area (Å²) in [7, 11) is 0. The van der Waals surface area contributed by atoms with Crippen molar-refractivity contribution in [1.82, 2.24) is 19.3 Å². The lowest BCUT2D eigenvalue weighted by molar-refractivity contribution is -0.384. The van der Waals surface area contributed by atoms with Crippen LogP contribution in [0.25, 0.3) is 0 Å². The molecule has 1 saturated heterocycles. The Kier molecular flexibility index (Phi) is 6.12. The number of nitro groups is 1. The molecular weight excluding hydrogens is 450 g/mol. The van der Waals surface area contributed by atoms with Gasteiger partial charge in [-0.3, -0.25) is 24.6 Å². The number of non-ortho nitro benzene ring substituents is 1. The van der Waals surface area contributed by atoms with Crippen molar-refractivity contribution < 1.29 is 18.9 Å². The molecule has 0 aliphatic carbocycles. The Balaban J connectivity index is 1.32. The van der Waals surface area contributed by atoms with E-state index in [0.717, 1.165) is 24.3 Å². The molecule has 4 heterocycles. The van der Waals surface area contributed by atoms with E-state index in [0.29, 0.717) is 44.2 Å². The maximum Gasteiger partial charge on any atom is 0.289 e. The van der Waals surface area contributed by atoms with E-state index in [4.69, 9.17) is 4.42 Å². The molecule has 1 unspecified atom stereocenters. The van der Waals surface area contributed by atoms with Crippen LogP contribution in [0.2, 0.25) is 0 Å². The molecule has 1 fully saturated rings. The zero-order valence-corrected chi connectivity index (χ0v) is 19.5. The lowest BCUT2D eigenvalue weighted by Gasteiger charge is -2.36. The third kappa shape index (κ3) is 4.57. The summed E-state index contributed by atoms with van der Waals surface area (Å²) >= 11 is 0. The van der Waals surface area contributed by atoms with Crippen LogP contribution in [-0.2, 0) is 17.9 Å². The molecule has 3 aromatic rings. The number of amides is 2. The molecule has 1 aromatic carbocycles. The highest BCUT2D eigenvalue weighted by Gasteiger charge is 2.31. The van der Waals surface area contributed by atoms with Gasteiger partial charge in [-0.15, -0.1) is 0 Å². The van der Waals surface area contributed by atoms with Crippen molar-refractivity contribution >= 4 is 17.5 Å². The second-order valence-electron chi connectivity index (χ2n) is 8.91. The Morgan fingerprint density at radius 1 is 0.971 bits per heavy atom. The van der Waals surface area contributed by atoms with Crippen molar-refractivity contribution in [2.24, 2.45) is 0 Å². The van der Waals surface area contributed by atoms with Crippen molar-refractivity contribution in [2.45, 2.75) is 26.1 Å². The summed E-state index contributed by atoms with van der Waals surface area (Å²) in [6.07, 6.45) is 2.04. The van der Waals surface area contributed by atoms with Crippen LogP contribution in [-0.4, -0.2) is 68.7 Å². The van der Waals surface area contributed by atoms with Gasteiger partial charge in [0.25, 0.3) is 11.6 Å². The van der Waals surface area contributed by atoms with Crippen LogP contribution in [0.5, 0.6) is 0 Å². The standard InChI is InChI=1S/C25H27N5O5/c1-18(31)26-11-14-28(15-12-26)25(32)23-9-8-21(35-23)17-29-16-13-27-10-2-3-22(27)24(29)19-4-6-20(7-5-19)30(33)34/h2-10,24H,11-17H2,1H3. The Hall–Kier alpha value is -3.92. The van der Waals surface area contributed by atoms with Crippen LogP contribution in [0.15, 0.2) is 59.1 Å². The van der Waals surface area contributed by atoms with E-state index in [1.807, 2.05) is 18.3 Å². The minimum Gasteiger partial charge on any atom is -0.455 e. The number of carbonyl (C=O) groups excluding carboxylic acids is 2. The van der Waals surface area contributed by atoms with E-state index in [2.05, 4.69) is 15.5 Å². The summed E-state index contributed by atoms with van der Waals surface area (Å²) in [6, 6.07) is 14.2. The van der Waals surface area contributed by atoms with Crippen LogP contribution in [0, 0.1) is 10.1 Å². The fourth-order valence-electron chi connectivity index (χ4n) is 4.92. The number of rotatable bonds is 5. The van der Waals surface area contributed by atoms with Gasteiger partial charge in [0.05, 0.1) is 17.5 Å². The molecule has 2 aliphatic heterocycles. The Morgan fingerprint density at radius 3 is 2.37 bits per heavy atom. The molecule has 10 heteroatoms. The summed E-state index contributed by atoms with van der Waals surface area (Å²) in [5, 5.41) is 11.1. The molecule has 0 spiro atoms. The molecule has 0 radical (unpaired) electrons. The predicted molar refractivity (Wildman–Crippen MR) is 127 cm³/mol. The van der Waals surface area contributed by atoms with Gasteiger partial charge in [0.2, 0.25) is 5.91 Å². The van der Waals surface area contributed by atoms with E-state index in [-0.39, 0.29) is 23.5 Å². The average Bonchev–Trinajstić information content (AvgIpc) is 3.53. The molecule has 0 N–H and O–H groups in total. The number of hydrogen-bond donors (Lipinski definition) is 0. The fourth-order valence-corrected chi connectivity index (χ4v) is 4.92. The van der Waals surface area contributed by atoms with Crippen LogP contribution in [0.4, 0.5) is 5.69 Å². The number of benzene rings is 1. The number of nitrogens with zero attached hydrogens (tertiary/aromatic N) is 5. The van der Waals surface area contributed by atoms with Gasteiger partial charge in [-0.25, -0.2) is 0 Å². The van der Waals surface area contributed by atoms with Crippen molar-refractivity contribution in [1.29, 1.82) is 0 Å². The van der Waals surface area contributed by atoms with Crippen LogP contribution >= 0.6 is 0 Å². The number of aromatic nitrogens is 1. The minimum absolute atomic E-state index is 0.0210. The molecular formula is C25H27N5O5. The summed E-state index contributed by atoms with van der Waals surface area (Å²) < 4.78 is 8.17. The Labute approximate surface area is 202 Å². The highest BCUT2D eigenvalue weighted by molar-refractivity contribution is 5.91. The van der Waals surface area contributed by atoms with Gasteiger partial charge in [-0.1, -0.05) is 12.1 Å². The SMILES string of the molecule is CC(=O)N1CCN(C(=O)c2ccc(CN3CCn4cccc4C3c3ccc([N+](=O)[O-])cc3)o2)CC1. The molecule has 182 valence electrons. The minimum atomic E-state index is -0.396. The van der Waals surface area contributed by atoms with E-state index in [9.17, 15) is 19.7 Å². The van der Waals surface area contributed by atoms with E-state index in [1.54, 1.807) is 28.0 Å². The van der Waals surface area contributed by atoms with Gasteiger partial charge in [0, 0.05) is 70.2 Å². The molecule has 2 aliphatic rings. The Bertz CT molecular complexity index is 1240. The Morgan fingerprint density at radius 2 is 1.69 bits per heavy atom. The first-order valence-electron chi connectivity index (χ1n) is 11.7. The van der Waals surface area contributed by atoms with Crippen LogP contribution in [0.3, 0.4) is 0 Å². The molecule has 5 rings (SSSR count). The van der Waals surface area contributed by atoms with Crippen molar-refractivity contribution in [3.63, 3.8) is 0 Å². The van der Waals surface area contributed by atoms with Crippen LogP contribution in [0.1, 0.15) is 40.5 Å². The monoisotopic (exact) mass is 477 g/mol. The molecule has 0 bridgehead atoms. The first kappa shape index (κ1) is 22.9. The normalized spacial score (nSPS) is 18.4. The first-order valence-corrected chi connectivity index (χ1v) is 11.7. The van der Waals surface area contributed by atoms with Crippen molar-refractivity contribution in [2.75, 3.05) is 32.7 Å². The van der Waals surface area contributed by atoms with Gasteiger partial charge in [-0.05, 0) is 29.8 Å². The third-order valence-corrected chi connectivity index (χ3v) is 6.80. The van der Waals surface area contributed by atoms with Gasteiger partial charge < -0.3 is 18.8 Å². The van der Waals surface area contributed by atoms with Gasteiger partial charge >= 0.3 is 0 Å². The molecule has 10 nitrogen and oxygen atoms in total. The van der Waals surface area contributed by atoms with Crippen LogP contribution < -0.4 is 0 Å². The number of nitro benzene ring substituents is 1. The molecule has 2 aromatic heterocycles. The quantitative estimate of drug-likeness (QED) is 0.413. The van der Waals surface area contributed by atoms with Gasteiger partial charge in [0.15, 0.2) is 5.76 Å². The fraction of sp³-hybridized carbons (Fsp3) is 0.360. The lowest BCUT2D eigenvalue weighted by atomic mass is 9.99. The largest absolute Gasteiger partial charge is 0.455 e. The molecule has 2 amide bonds. The maximum absolute atomic E-state index is 12.9. The van der Waals surface area contributed by atoms with E-state index in [1.165, 1.54) is 19.1 Å². The summed E-state index contributed by atoms with van der Waals surface area (Å²) in [6.45, 7) is 5.65. The van der Waals surface area contributed by atoms with E-state index < -0.39 is 4.92 Å². The highest BCUT2D eigenvalue weighted by Crippen LogP contribution is 2.34. The van der Waals surface area contributed by atoms with Gasteiger partial charge in [-0.2, -0.15) is 0 Å². The second-order valence-corrected chi connectivity index (χ2v) is 8.91. The molecule has 1 atom stereocenters. The lowest BCUT2D eigenvalue weighted by Crippen LogP contribution is -2.50. The zero-order chi connectivity index (χ0) is 24.5. The smallest absolute Gasteiger partial charge is 0.289 e. The molecule has 35 heavy (non-hydrogen) atoms. The number of fused-ring (bicyclic) bond motifs is 1. The summed E-state index contributed by atoms with van der Waals surface area (Å²) in [4.78, 5) is 40.9. The summed E-state index contributed by atoms with van der Waals surface area (Å²) in [5.41, 5.74) is 2.13. The predicted octanol–water partition coefficient (Wildman–Crippen LogP) is 2.90. The number of piperazine rings is 1. The second kappa shape index (κ2) is 9.38. The van der Waals surface area contributed by atoms with Gasteiger partial charge in [0.1, 0.15) is 5.76 Å². The van der Waals surface area contributed by atoms with E-state index >= 15 is 0 Å². The van der Waals surface area contributed by atoms with Crippen molar-refractivity contribution in [3.8, 4) is 0 Å². The first-order chi connectivity index (χ1) is 16.9. The number of furan rings is 1.